The molecule has 5 heteroatoms. The Labute approximate surface area is 99.0 Å². The first kappa shape index (κ1) is 11.6. The fourth-order valence-corrected chi connectivity index (χ4v) is 1.67. The van der Waals surface area contributed by atoms with E-state index in [0.717, 1.165) is 18.4 Å². The van der Waals surface area contributed by atoms with Crippen LogP contribution in [-0.2, 0) is 4.79 Å². The minimum Gasteiger partial charge on any atom is -0.349 e. The molecular formula is C12H14N2O3. The Bertz CT molecular complexity index is 455. The predicted molar refractivity (Wildman–Crippen MR) is 62.4 cm³/mol. The average molecular weight is 234 g/mol. The summed E-state index contributed by atoms with van der Waals surface area (Å²) in [7, 11) is 0. The van der Waals surface area contributed by atoms with Crippen molar-refractivity contribution < 1.29 is 9.72 Å². The maximum Gasteiger partial charge on any atom is 0.269 e. The number of carbonyl (C=O) groups excluding carboxylic acids is 1. The zero-order valence-electron chi connectivity index (χ0n) is 9.55. The molecule has 5 nitrogen and oxygen atoms in total. The van der Waals surface area contributed by atoms with Crippen LogP contribution < -0.4 is 5.32 Å². The highest BCUT2D eigenvalue weighted by atomic mass is 16.6. The maximum atomic E-state index is 11.6. The minimum atomic E-state index is -0.432. The van der Waals surface area contributed by atoms with Crippen LogP contribution in [0.5, 0.6) is 0 Å². The lowest BCUT2D eigenvalue weighted by atomic mass is 10.1. The van der Waals surface area contributed by atoms with Crippen molar-refractivity contribution in [1.82, 2.24) is 5.32 Å². The quantitative estimate of drug-likeness (QED) is 0.641. The zero-order valence-corrected chi connectivity index (χ0v) is 9.55. The summed E-state index contributed by atoms with van der Waals surface area (Å²) in [5.41, 5.74) is 0.809. The summed E-state index contributed by atoms with van der Waals surface area (Å²) in [6.45, 7) is 1.83. The molecule has 1 fully saturated rings. The van der Waals surface area contributed by atoms with Gasteiger partial charge in [0.1, 0.15) is 0 Å². The van der Waals surface area contributed by atoms with Crippen molar-refractivity contribution in [1.29, 1.82) is 0 Å². The summed E-state index contributed by atoms with van der Waals surface area (Å²) >= 11 is 0. The molecule has 1 amide bonds. The smallest absolute Gasteiger partial charge is 0.269 e. The number of hydrogen-bond donors (Lipinski definition) is 1. The van der Waals surface area contributed by atoms with Gasteiger partial charge >= 0.3 is 0 Å². The lowest BCUT2D eigenvalue weighted by Crippen LogP contribution is -2.27. The molecule has 0 aliphatic heterocycles. The van der Waals surface area contributed by atoms with Crippen molar-refractivity contribution in [2.24, 2.45) is 5.92 Å². The van der Waals surface area contributed by atoms with Gasteiger partial charge in [-0.3, -0.25) is 14.9 Å². The summed E-state index contributed by atoms with van der Waals surface area (Å²) < 4.78 is 0. The summed E-state index contributed by atoms with van der Waals surface area (Å²) in [5, 5.41) is 13.5. The van der Waals surface area contributed by atoms with Gasteiger partial charge in [0, 0.05) is 18.1 Å². The van der Waals surface area contributed by atoms with E-state index >= 15 is 0 Å². The van der Waals surface area contributed by atoms with Crippen LogP contribution in [0.25, 0.3) is 0 Å². The van der Waals surface area contributed by atoms with Gasteiger partial charge in [0.25, 0.3) is 5.69 Å². The number of nitro benzene ring substituents is 1. The minimum absolute atomic E-state index is 0.0454. The number of amides is 1. The molecule has 17 heavy (non-hydrogen) atoms. The second kappa shape index (κ2) is 4.53. The van der Waals surface area contributed by atoms with E-state index in [-0.39, 0.29) is 23.6 Å². The van der Waals surface area contributed by atoms with Crippen LogP contribution in [-0.4, -0.2) is 10.8 Å². The Morgan fingerprint density at radius 3 is 2.82 bits per heavy atom. The molecule has 1 N–H and O–H groups in total. The lowest BCUT2D eigenvalue weighted by molar-refractivity contribution is -0.384. The molecule has 0 heterocycles. The van der Waals surface area contributed by atoms with Crippen molar-refractivity contribution in [2.75, 3.05) is 0 Å². The topological polar surface area (TPSA) is 72.2 Å². The fraction of sp³-hybridized carbons (Fsp3) is 0.417. The number of nitro groups is 1. The van der Waals surface area contributed by atoms with Crippen LogP contribution in [0.1, 0.15) is 31.4 Å². The molecule has 1 saturated carbocycles. The zero-order chi connectivity index (χ0) is 12.4. The van der Waals surface area contributed by atoms with Crippen molar-refractivity contribution >= 4 is 11.6 Å². The van der Waals surface area contributed by atoms with Crippen molar-refractivity contribution in [3.63, 3.8) is 0 Å². The number of rotatable bonds is 4. The van der Waals surface area contributed by atoms with Gasteiger partial charge in [0.2, 0.25) is 5.91 Å². The summed E-state index contributed by atoms with van der Waals surface area (Å²) in [5.74, 6) is 0.195. The predicted octanol–water partition coefficient (Wildman–Crippen LogP) is 2.18. The van der Waals surface area contributed by atoms with Gasteiger partial charge in [-0.15, -0.1) is 0 Å². The molecule has 1 unspecified atom stereocenters. The van der Waals surface area contributed by atoms with E-state index in [1.165, 1.54) is 12.1 Å². The Kier molecular flexibility index (Phi) is 3.08. The van der Waals surface area contributed by atoms with E-state index in [0.29, 0.717) is 0 Å². The van der Waals surface area contributed by atoms with Gasteiger partial charge in [0.05, 0.1) is 11.0 Å². The molecule has 2 rings (SSSR count). The van der Waals surface area contributed by atoms with Gasteiger partial charge in [-0.05, 0) is 25.3 Å². The van der Waals surface area contributed by atoms with Crippen LogP contribution in [0.4, 0.5) is 5.69 Å². The largest absolute Gasteiger partial charge is 0.349 e. The summed E-state index contributed by atoms with van der Waals surface area (Å²) in [4.78, 5) is 21.8. The molecule has 1 aliphatic rings. The highest BCUT2D eigenvalue weighted by Crippen LogP contribution is 2.30. The molecule has 0 aromatic heterocycles. The number of nitrogens with one attached hydrogen (secondary N) is 1. The van der Waals surface area contributed by atoms with E-state index in [1.54, 1.807) is 12.1 Å². The molecular weight excluding hydrogens is 220 g/mol. The van der Waals surface area contributed by atoms with Gasteiger partial charge in [-0.25, -0.2) is 0 Å². The number of hydrogen-bond acceptors (Lipinski definition) is 3. The lowest BCUT2D eigenvalue weighted by Gasteiger charge is -2.13. The van der Waals surface area contributed by atoms with Crippen LogP contribution in [0.3, 0.4) is 0 Å². The second-order valence-corrected chi connectivity index (χ2v) is 4.36. The van der Waals surface area contributed by atoms with Gasteiger partial charge in [0.15, 0.2) is 0 Å². The van der Waals surface area contributed by atoms with Crippen LogP contribution in [0.2, 0.25) is 0 Å². The van der Waals surface area contributed by atoms with Gasteiger partial charge in [-0.2, -0.15) is 0 Å². The molecule has 1 aliphatic carbocycles. The van der Waals surface area contributed by atoms with Crippen molar-refractivity contribution in [3.05, 3.63) is 39.9 Å². The summed E-state index contributed by atoms with van der Waals surface area (Å²) in [6, 6.07) is 6.16. The first-order valence-electron chi connectivity index (χ1n) is 5.62. The van der Waals surface area contributed by atoms with E-state index in [9.17, 15) is 14.9 Å². The summed E-state index contributed by atoms with van der Waals surface area (Å²) in [6.07, 6.45) is 1.90. The Morgan fingerprint density at radius 2 is 2.24 bits per heavy atom. The van der Waals surface area contributed by atoms with Crippen molar-refractivity contribution in [2.45, 2.75) is 25.8 Å². The van der Waals surface area contributed by atoms with E-state index in [4.69, 9.17) is 0 Å². The molecule has 0 spiro atoms. The number of non-ortho nitro benzene ring substituents is 1. The van der Waals surface area contributed by atoms with Gasteiger partial charge < -0.3 is 5.32 Å². The highest BCUT2D eigenvalue weighted by molar-refractivity contribution is 5.81. The van der Waals surface area contributed by atoms with Crippen LogP contribution in [0, 0.1) is 16.0 Å². The first-order chi connectivity index (χ1) is 8.08. The van der Waals surface area contributed by atoms with Crippen LogP contribution in [0.15, 0.2) is 24.3 Å². The Balaban J connectivity index is 2.07. The number of carbonyl (C=O) groups is 1. The third-order valence-corrected chi connectivity index (χ3v) is 2.89. The maximum absolute atomic E-state index is 11.6. The molecule has 0 radical (unpaired) electrons. The Morgan fingerprint density at radius 1 is 1.53 bits per heavy atom. The second-order valence-electron chi connectivity index (χ2n) is 4.36. The average Bonchev–Trinajstić information content (AvgIpc) is 3.12. The monoisotopic (exact) mass is 234 g/mol. The molecule has 1 atom stereocenters. The highest BCUT2D eigenvalue weighted by Gasteiger charge is 2.30. The molecule has 1 aromatic carbocycles. The number of nitrogens with zero attached hydrogens (tertiary/aromatic N) is 1. The SMILES string of the molecule is CC(NC(=O)C1CC1)c1cccc([N+](=O)[O-])c1. The van der Waals surface area contributed by atoms with Crippen molar-refractivity contribution in [3.8, 4) is 0 Å². The van der Waals surface area contributed by atoms with Crippen LogP contribution >= 0.6 is 0 Å². The standard InChI is InChI=1S/C12H14N2O3/c1-8(13-12(15)9-5-6-9)10-3-2-4-11(7-10)14(16)17/h2-4,7-9H,5-6H2,1H3,(H,13,15). The Hall–Kier alpha value is -1.91. The van der Waals surface area contributed by atoms with E-state index < -0.39 is 4.92 Å². The molecule has 90 valence electrons. The molecule has 0 saturated heterocycles. The molecule has 1 aromatic rings. The van der Waals surface area contributed by atoms with E-state index in [2.05, 4.69) is 5.32 Å². The van der Waals surface area contributed by atoms with Gasteiger partial charge in [-0.1, -0.05) is 12.1 Å². The third kappa shape index (κ3) is 2.81. The fourth-order valence-electron chi connectivity index (χ4n) is 1.67. The third-order valence-electron chi connectivity index (χ3n) is 2.89. The van der Waals surface area contributed by atoms with E-state index in [1.807, 2.05) is 6.92 Å². The number of benzene rings is 1. The normalized spacial score (nSPS) is 16.3. The first-order valence-corrected chi connectivity index (χ1v) is 5.62. The molecule has 0 bridgehead atoms.